The van der Waals surface area contributed by atoms with Gasteiger partial charge in [-0.3, -0.25) is 19.6 Å². The molecular weight excluding hydrogens is 504 g/mol. The summed E-state index contributed by atoms with van der Waals surface area (Å²) in [7, 11) is -3.96. The summed E-state index contributed by atoms with van der Waals surface area (Å²) in [6, 6.07) is 11.8. The predicted molar refractivity (Wildman–Crippen MR) is 124 cm³/mol. The van der Waals surface area contributed by atoms with Crippen LogP contribution in [0.25, 0.3) is 0 Å². The summed E-state index contributed by atoms with van der Waals surface area (Å²) in [6.45, 7) is -0.481. The van der Waals surface area contributed by atoms with Gasteiger partial charge in [0.1, 0.15) is 6.54 Å². The van der Waals surface area contributed by atoms with Crippen molar-refractivity contribution in [3.63, 3.8) is 0 Å². The van der Waals surface area contributed by atoms with E-state index in [1.54, 1.807) is 0 Å². The van der Waals surface area contributed by atoms with Gasteiger partial charge in [-0.05, 0) is 42.5 Å². The Kier molecular flexibility index (Phi) is 6.48. The molecule has 180 valence electrons. The Labute approximate surface area is 202 Å². The van der Waals surface area contributed by atoms with Gasteiger partial charge in [0.05, 0.1) is 28.1 Å². The molecule has 4 rings (SSSR count). The van der Waals surface area contributed by atoms with Gasteiger partial charge in [-0.2, -0.15) is 0 Å². The summed E-state index contributed by atoms with van der Waals surface area (Å²) in [4.78, 5) is 36.1. The van der Waals surface area contributed by atoms with E-state index in [0.717, 1.165) is 6.07 Å². The van der Waals surface area contributed by atoms with E-state index in [1.807, 2.05) is 0 Å². The molecule has 13 nitrogen and oxygen atoms in total. The summed E-state index contributed by atoms with van der Waals surface area (Å²) < 4.78 is 32.3. The minimum absolute atomic E-state index is 0.0162. The van der Waals surface area contributed by atoms with Crippen LogP contribution in [-0.4, -0.2) is 48.5 Å². The van der Waals surface area contributed by atoms with E-state index in [0.29, 0.717) is 11.4 Å². The lowest BCUT2D eigenvalue weighted by molar-refractivity contribution is -0.384. The molecule has 0 bridgehead atoms. The molecule has 0 aliphatic carbocycles. The first-order valence-electron chi connectivity index (χ1n) is 9.77. The van der Waals surface area contributed by atoms with Crippen LogP contribution in [0, 0.1) is 10.1 Å². The van der Waals surface area contributed by atoms with E-state index >= 15 is 0 Å². The van der Waals surface area contributed by atoms with Gasteiger partial charge in [0.25, 0.3) is 15.7 Å². The largest absolute Gasteiger partial charge is 0.423 e. The molecule has 35 heavy (non-hydrogen) atoms. The summed E-state index contributed by atoms with van der Waals surface area (Å²) in [5.74, 6) is -1.21. The Morgan fingerprint density at radius 2 is 1.89 bits per heavy atom. The lowest BCUT2D eigenvalue weighted by Gasteiger charge is -2.28. The Morgan fingerprint density at radius 1 is 1.14 bits per heavy atom. The van der Waals surface area contributed by atoms with E-state index in [4.69, 9.17) is 16.3 Å². The fourth-order valence-electron chi connectivity index (χ4n) is 3.15. The molecule has 2 N–H and O–H groups in total. The van der Waals surface area contributed by atoms with Crippen molar-refractivity contribution in [2.75, 3.05) is 28.0 Å². The number of nitro benzene ring substituents is 1. The highest BCUT2D eigenvalue weighted by atomic mass is 35.5. The zero-order valence-electron chi connectivity index (χ0n) is 17.5. The van der Waals surface area contributed by atoms with Crippen LogP contribution in [0.15, 0.2) is 59.5 Å². The van der Waals surface area contributed by atoms with Crippen molar-refractivity contribution in [1.29, 1.82) is 0 Å². The van der Waals surface area contributed by atoms with E-state index < -0.39 is 26.8 Å². The molecule has 0 spiro atoms. The van der Waals surface area contributed by atoms with Gasteiger partial charge >= 0.3 is 5.97 Å². The van der Waals surface area contributed by atoms with Crippen LogP contribution >= 0.6 is 11.6 Å². The number of halogens is 1. The fourth-order valence-corrected chi connectivity index (χ4v) is 4.25. The summed E-state index contributed by atoms with van der Waals surface area (Å²) in [5, 5.41) is 20.9. The van der Waals surface area contributed by atoms with Crippen LogP contribution in [-0.2, 0) is 19.6 Å². The minimum atomic E-state index is -3.96. The molecule has 2 heterocycles. The number of carbonyl (C=O) groups is 2. The predicted octanol–water partition coefficient (Wildman–Crippen LogP) is 2.20. The molecule has 0 unspecified atom stereocenters. The van der Waals surface area contributed by atoms with Crippen LogP contribution in [0.5, 0.6) is 5.75 Å². The number of amides is 1. The normalized spacial score (nSPS) is 12.9. The van der Waals surface area contributed by atoms with Gasteiger partial charge in [-0.1, -0.05) is 11.6 Å². The number of rotatable bonds is 7. The monoisotopic (exact) mass is 518 g/mol. The third kappa shape index (κ3) is 5.62. The number of esters is 1. The molecule has 3 aromatic rings. The number of hydrogen-bond donors (Lipinski definition) is 2. The second-order valence-electron chi connectivity index (χ2n) is 7.16. The van der Waals surface area contributed by atoms with Crippen molar-refractivity contribution in [1.82, 2.24) is 10.2 Å². The number of anilines is 3. The molecule has 0 saturated carbocycles. The molecule has 1 amide bonds. The number of non-ortho nitro benzene ring substituents is 1. The van der Waals surface area contributed by atoms with E-state index in [-0.39, 0.29) is 40.4 Å². The van der Waals surface area contributed by atoms with Crippen LogP contribution in [0.2, 0.25) is 5.15 Å². The van der Waals surface area contributed by atoms with Crippen LogP contribution in [0.3, 0.4) is 0 Å². The number of nitrogens with zero attached hydrogens (tertiary/aromatic N) is 4. The van der Waals surface area contributed by atoms with Crippen LogP contribution < -0.4 is 19.7 Å². The number of nitro groups is 1. The maximum atomic E-state index is 12.6. The standard InChI is InChI=1S/C20H15ClN6O7S/c21-17-7-8-18(24-23-17)25-35(32,33)14-4-1-12(2-5-14)22-19(28)10-26-11-20(29)34-16-9-13(27(30)31)3-6-15(16)26/h1-9H,10-11H2,(H,22,28)(H,24,25). The SMILES string of the molecule is O=C(CN1CC(=O)Oc2cc([N+](=O)[O-])ccc21)Nc1ccc(S(=O)(=O)Nc2ccc(Cl)nn2)cc1. The van der Waals surface area contributed by atoms with Gasteiger partial charge in [-0.15, -0.1) is 10.2 Å². The molecule has 0 radical (unpaired) electrons. The molecule has 0 saturated heterocycles. The maximum Gasteiger partial charge on any atom is 0.331 e. The molecule has 1 aromatic heterocycles. The molecule has 2 aromatic carbocycles. The molecular formula is C20H15ClN6O7S. The number of fused-ring (bicyclic) bond motifs is 1. The summed E-state index contributed by atoms with van der Waals surface area (Å²) in [6.07, 6.45) is 0. The molecule has 1 aliphatic heterocycles. The van der Waals surface area contributed by atoms with Crippen molar-refractivity contribution in [3.05, 3.63) is 69.9 Å². The summed E-state index contributed by atoms with van der Waals surface area (Å²) >= 11 is 5.63. The van der Waals surface area contributed by atoms with Crippen molar-refractivity contribution >= 4 is 56.4 Å². The zero-order chi connectivity index (χ0) is 25.2. The Hall–Kier alpha value is -4.30. The number of benzene rings is 2. The number of sulfonamides is 1. The second kappa shape index (κ2) is 9.52. The molecule has 0 atom stereocenters. The van der Waals surface area contributed by atoms with E-state index in [2.05, 4.69) is 20.2 Å². The molecule has 0 fully saturated rings. The minimum Gasteiger partial charge on any atom is -0.423 e. The summed E-state index contributed by atoms with van der Waals surface area (Å²) in [5.41, 5.74) is 0.405. The number of carbonyl (C=O) groups excluding carboxylic acids is 2. The third-order valence-corrected chi connectivity index (χ3v) is 6.26. The first-order valence-corrected chi connectivity index (χ1v) is 11.6. The maximum absolute atomic E-state index is 12.6. The first kappa shape index (κ1) is 23.8. The van der Waals surface area contributed by atoms with Crippen LogP contribution in [0.4, 0.5) is 22.9 Å². The quantitative estimate of drug-likeness (QED) is 0.204. The first-order chi connectivity index (χ1) is 16.6. The number of aromatic nitrogens is 2. The van der Waals surface area contributed by atoms with E-state index in [9.17, 15) is 28.1 Å². The van der Waals surface area contributed by atoms with Crippen molar-refractivity contribution in [3.8, 4) is 5.75 Å². The van der Waals surface area contributed by atoms with Gasteiger partial charge in [-0.25, -0.2) is 13.2 Å². The van der Waals surface area contributed by atoms with Crippen molar-refractivity contribution < 1.29 is 27.7 Å². The Morgan fingerprint density at radius 3 is 2.54 bits per heavy atom. The van der Waals surface area contributed by atoms with Crippen molar-refractivity contribution in [2.45, 2.75) is 4.90 Å². The molecule has 15 heteroatoms. The zero-order valence-corrected chi connectivity index (χ0v) is 19.1. The van der Waals surface area contributed by atoms with Gasteiger partial charge < -0.3 is 15.0 Å². The average molecular weight is 519 g/mol. The van der Waals surface area contributed by atoms with E-state index in [1.165, 1.54) is 53.4 Å². The second-order valence-corrected chi connectivity index (χ2v) is 9.23. The smallest absolute Gasteiger partial charge is 0.331 e. The van der Waals surface area contributed by atoms with Gasteiger partial charge in [0.15, 0.2) is 16.7 Å². The number of nitrogens with one attached hydrogen (secondary N) is 2. The lowest BCUT2D eigenvalue weighted by Crippen LogP contribution is -2.41. The highest BCUT2D eigenvalue weighted by Crippen LogP contribution is 2.35. The van der Waals surface area contributed by atoms with Gasteiger partial charge in [0, 0.05) is 11.8 Å². The fraction of sp³-hybridized carbons (Fsp3) is 0.100. The number of ether oxygens (including phenoxy) is 1. The molecule has 1 aliphatic rings. The Balaban J connectivity index is 1.42. The average Bonchev–Trinajstić information content (AvgIpc) is 2.80. The van der Waals surface area contributed by atoms with Crippen LogP contribution in [0.1, 0.15) is 0 Å². The highest BCUT2D eigenvalue weighted by molar-refractivity contribution is 7.92. The highest BCUT2D eigenvalue weighted by Gasteiger charge is 2.27. The third-order valence-electron chi connectivity index (χ3n) is 4.69. The van der Waals surface area contributed by atoms with Gasteiger partial charge in [0.2, 0.25) is 5.91 Å². The van der Waals surface area contributed by atoms with Crippen molar-refractivity contribution in [2.24, 2.45) is 0 Å². The lowest BCUT2D eigenvalue weighted by atomic mass is 10.2. The Bertz CT molecular complexity index is 1410. The topological polar surface area (TPSA) is 174 Å². The number of hydrogen-bond acceptors (Lipinski definition) is 10.